The summed E-state index contributed by atoms with van der Waals surface area (Å²) in [5.74, 6) is -0.175. The standard InChI is InChI=1S/C9H8ClN5S.C6H8O2/c10-5-1-2-6-8(15-16-14-6)7(5)13-9-11-3-4-12-9;1-2-3-4-5-6(7)8/h1-2H,3-4H2,(H2,11,12,13);2-5H,1H3,(H,7,8)/b;3-2+,5-4+. The van der Waals surface area contributed by atoms with Crippen molar-refractivity contribution in [1.29, 1.82) is 0 Å². The lowest BCUT2D eigenvalue weighted by atomic mass is 10.2. The Labute approximate surface area is 148 Å². The maximum atomic E-state index is 9.75. The van der Waals surface area contributed by atoms with Crippen molar-refractivity contribution in [3.63, 3.8) is 0 Å². The van der Waals surface area contributed by atoms with Crippen LogP contribution < -0.4 is 10.6 Å². The van der Waals surface area contributed by atoms with Crippen LogP contribution in [0.25, 0.3) is 11.0 Å². The number of carboxylic acid groups (broad SMARTS) is 1. The predicted molar refractivity (Wildman–Crippen MR) is 97.9 cm³/mol. The van der Waals surface area contributed by atoms with Crippen LogP contribution in [0.4, 0.5) is 5.69 Å². The molecule has 7 nitrogen and oxygen atoms in total. The summed E-state index contributed by atoms with van der Waals surface area (Å²) in [7, 11) is 0. The van der Waals surface area contributed by atoms with Crippen molar-refractivity contribution < 1.29 is 9.90 Å². The number of benzene rings is 1. The van der Waals surface area contributed by atoms with E-state index in [1.54, 1.807) is 12.2 Å². The van der Waals surface area contributed by atoms with Crippen LogP contribution in [-0.4, -0.2) is 38.9 Å². The lowest BCUT2D eigenvalue weighted by Gasteiger charge is -2.08. The zero-order valence-electron chi connectivity index (χ0n) is 12.9. The number of guanidine groups is 1. The summed E-state index contributed by atoms with van der Waals surface area (Å²) in [6.45, 7) is 3.46. The Hall–Kier alpha value is -2.45. The van der Waals surface area contributed by atoms with Gasteiger partial charge in [0.15, 0.2) is 5.96 Å². The molecule has 0 saturated heterocycles. The van der Waals surface area contributed by atoms with E-state index in [-0.39, 0.29) is 0 Å². The number of hydrogen-bond acceptors (Lipinski definition) is 7. The Bertz CT molecular complexity index is 800. The van der Waals surface area contributed by atoms with Gasteiger partial charge in [0.2, 0.25) is 0 Å². The molecule has 9 heteroatoms. The van der Waals surface area contributed by atoms with Crippen LogP contribution in [0.2, 0.25) is 5.02 Å². The minimum Gasteiger partial charge on any atom is -0.478 e. The fraction of sp³-hybridized carbons (Fsp3) is 0.200. The maximum absolute atomic E-state index is 9.75. The number of fused-ring (bicyclic) bond motifs is 1. The number of rotatable bonds is 3. The predicted octanol–water partition coefficient (Wildman–Crippen LogP) is 2.92. The number of carboxylic acids is 1. The molecule has 0 saturated carbocycles. The molecule has 1 aromatic carbocycles. The second kappa shape index (κ2) is 8.99. The second-order valence-corrected chi connectivity index (χ2v) is 5.50. The summed E-state index contributed by atoms with van der Waals surface area (Å²) < 4.78 is 8.39. The van der Waals surface area contributed by atoms with E-state index >= 15 is 0 Å². The largest absolute Gasteiger partial charge is 0.478 e. The van der Waals surface area contributed by atoms with E-state index in [0.29, 0.717) is 5.02 Å². The van der Waals surface area contributed by atoms with Crippen LogP contribution in [0.3, 0.4) is 0 Å². The lowest BCUT2D eigenvalue weighted by molar-refractivity contribution is -0.131. The quantitative estimate of drug-likeness (QED) is 0.571. The molecular weight excluding hydrogens is 350 g/mol. The van der Waals surface area contributed by atoms with Crippen LogP contribution in [-0.2, 0) is 4.79 Å². The molecule has 1 aromatic heterocycles. The molecule has 2 heterocycles. The van der Waals surface area contributed by atoms with Crippen molar-refractivity contribution in [2.24, 2.45) is 4.99 Å². The number of hydrogen-bond donors (Lipinski definition) is 3. The monoisotopic (exact) mass is 365 g/mol. The number of halogens is 1. The van der Waals surface area contributed by atoms with Crippen molar-refractivity contribution in [1.82, 2.24) is 14.1 Å². The lowest BCUT2D eigenvalue weighted by Crippen LogP contribution is -2.26. The van der Waals surface area contributed by atoms with Gasteiger partial charge in [0.05, 0.1) is 29.0 Å². The van der Waals surface area contributed by atoms with Crippen molar-refractivity contribution in [3.05, 3.63) is 41.5 Å². The minimum absolute atomic E-state index is 0.622. The van der Waals surface area contributed by atoms with Crippen molar-refractivity contribution in [2.75, 3.05) is 18.4 Å². The summed E-state index contributed by atoms with van der Waals surface area (Å²) in [5.41, 5.74) is 2.39. The molecule has 0 spiro atoms. The minimum atomic E-state index is -0.914. The molecule has 0 fully saturated rings. The first-order valence-electron chi connectivity index (χ1n) is 7.10. The van der Waals surface area contributed by atoms with Crippen LogP contribution in [0.1, 0.15) is 6.92 Å². The van der Waals surface area contributed by atoms with Gasteiger partial charge in [-0.15, -0.1) is 0 Å². The van der Waals surface area contributed by atoms with E-state index in [9.17, 15) is 4.79 Å². The molecule has 24 heavy (non-hydrogen) atoms. The highest BCUT2D eigenvalue weighted by Crippen LogP contribution is 2.29. The summed E-state index contributed by atoms with van der Waals surface area (Å²) in [6, 6.07) is 3.67. The second-order valence-electron chi connectivity index (χ2n) is 4.56. The molecule has 1 aliphatic heterocycles. The van der Waals surface area contributed by atoms with Crippen LogP contribution >= 0.6 is 23.3 Å². The Balaban J connectivity index is 0.000000224. The van der Waals surface area contributed by atoms with Crippen molar-refractivity contribution in [3.8, 4) is 0 Å². The molecular formula is C15H16ClN5O2S. The number of nitrogens with one attached hydrogen (secondary N) is 2. The topological polar surface area (TPSA) is 99.5 Å². The summed E-state index contributed by atoms with van der Waals surface area (Å²) in [6.07, 6.45) is 5.98. The van der Waals surface area contributed by atoms with Gasteiger partial charge in [-0.3, -0.25) is 4.99 Å². The van der Waals surface area contributed by atoms with Crippen LogP contribution in [0.15, 0.2) is 41.4 Å². The number of anilines is 1. The number of allylic oxidation sites excluding steroid dienone is 3. The molecule has 2 aromatic rings. The van der Waals surface area contributed by atoms with Gasteiger partial charge in [0, 0.05) is 12.6 Å². The molecule has 0 amide bonds. The number of aliphatic imine (C=N–C) groups is 1. The van der Waals surface area contributed by atoms with E-state index < -0.39 is 5.97 Å². The molecule has 1 aliphatic rings. The fourth-order valence-corrected chi connectivity index (χ4v) is 2.54. The number of carbonyl (C=O) groups is 1. The SMILES string of the molecule is C/C=C/C=C/C(=O)O.Clc1ccc2nsnc2c1NC1=NCCN1. The zero-order valence-corrected chi connectivity index (χ0v) is 14.4. The van der Waals surface area contributed by atoms with Gasteiger partial charge in [-0.1, -0.05) is 29.8 Å². The fourth-order valence-electron chi connectivity index (χ4n) is 1.79. The Kier molecular flexibility index (Phi) is 6.71. The number of nitrogens with zero attached hydrogens (tertiary/aromatic N) is 3. The Morgan fingerprint density at radius 1 is 1.42 bits per heavy atom. The molecule has 0 atom stereocenters. The van der Waals surface area contributed by atoms with E-state index in [2.05, 4.69) is 24.4 Å². The first kappa shape index (κ1) is 17.9. The average molecular weight is 366 g/mol. The Morgan fingerprint density at radius 3 is 2.92 bits per heavy atom. The maximum Gasteiger partial charge on any atom is 0.328 e. The van der Waals surface area contributed by atoms with E-state index in [4.69, 9.17) is 16.7 Å². The van der Waals surface area contributed by atoms with Gasteiger partial charge in [-0.25, -0.2) is 4.79 Å². The van der Waals surface area contributed by atoms with Crippen molar-refractivity contribution in [2.45, 2.75) is 6.92 Å². The first-order valence-corrected chi connectivity index (χ1v) is 8.21. The summed E-state index contributed by atoms with van der Waals surface area (Å²) in [5, 5.41) is 14.9. The highest BCUT2D eigenvalue weighted by Gasteiger charge is 2.13. The third-order valence-corrected chi connectivity index (χ3v) is 3.69. The van der Waals surface area contributed by atoms with Crippen molar-refractivity contribution >= 4 is 52.0 Å². The first-order chi connectivity index (χ1) is 11.6. The van der Waals surface area contributed by atoms with Gasteiger partial charge in [-0.2, -0.15) is 8.75 Å². The van der Waals surface area contributed by atoms with E-state index in [0.717, 1.165) is 41.8 Å². The molecule has 0 bridgehead atoms. The molecule has 0 aliphatic carbocycles. The van der Waals surface area contributed by atoms with Gasteiger partial charge < -0.3 is 15.7 Å². The van der Waals surface area contributed by atoms with Gasteiger partial charge >= 0.3 is 5.97 Å². The van der Waals surface area contributed by atoms with Gasteiger partial charge in [0.1, 0.15) is 11.0 Å². The van der Waals surface area contributed by atoms with Gasteiger partial charge in [-0.05, 0) is 19.1 Å². The molecule has 0 radical (unpaired) electrons. The van der Waals surface area contributed by atoms with Gasteiger partial charge in [0.25, 0.3) is 0 Å². The van der Waals surface area contributed by atoms with Crippen LogP contribution in [0, 0.1) is 0 Å². The molecule has 3 N–H and O–H groups in total. The average Bonchev–Trinajstić information content (AvgIpc) is 3.22. The van der Waals surface area contributed by atoms with Crippen LogP contribution in [0.5, 0.6) is 0 Å². The Morgan fingerprint density at radius 2 is 2.25 bits per heavy atom. The molecule has 126 valence electrons. The highest BCUT2D eigenvalue weighted by atomic mass is 35.5. The van der Waals surface area contributed by atoms with E-state index in [1.807, 2.05) is 19.1 Å². The normalized spacial score (nSPS) is 13.7. The molecule has 3 rings (SSSR count). The summed E-state index contributed by atoms with van der Waals surface area (Å²) >= 11 is 7.30. The van der Waals surface area contributed by atoms with E-state index in [1.165, 1.54) is 17.8 Å². The zero-order chi connectivity index (χ0) is 17.4. The number of aromatic nitrogens is 2. The third-order valence-electron chi connectivity index (χ3n) is 2.84. The number of aliphatic carboxylic acids is 1. The molecule has 0 unspecified atom stereocenters. The highest BCUT2D eigenvalue weighted by molar-refractivity contribution is 7.00. The summed E-state index contributed by atoms with van der Waals surface area (Å²) in [4.78, 5) is 14.0. The smallest absolute Gasteiger partial charge is 0.328 e. The third kappa shape index (κ3) is 5.04.